The van der Waals surface area contributed by atoms with Crippen molar-refractivity contribution in [3.8, 4) is 0 Å². The van der Waals surface area contributed by atoms with Gasteiger partial charge in [0.15, 0.2) is 5.82 Å². The number of amides is 2. The highest BCUT2D eigenvalue weighted by Crippen LogP contribution is 2.26. The zero-order chi connectivity index (χ0) is 18.5. The van der Waals surface area contributed by atoms with Crippen molar-refractivity contribution in [1.29, 1.82) is 0 Å². The second-order valence-corrected chi connectivity index (χ2v) is 5.81. The first-order valence-electron chi connectivity index (χ1n) is 8.10. The minimum Gasteiger partial charge on any atom is -0.325 e. The number of hydrogen-bond donors (Lipinski definition) is 1. The fourth-order valence-corrected chi connectivity index (χ4v) is 2.69. The molecular weight excluding hydrogens is 330 g/mol. The van der Waals surface area contributed by atoms with E-state index in [1.165, 1.54) is 4.90 Å². The SMILES string of the molecule is CN(C(=O)C(=O)Nc1ccn(C)n1)C(c1ccccc1)c1ccccn1. The van der Waals surface area contributed by atoms with E-state index < -0.39 is 17.9 Å². The number of benzene rings is 1. The number of pyridine rings is 1. The summed E-state index contributed by atoms with van der Waals surface area (Å²) in [7, 11) is 3.32. The average molecular weight is 349 g/mol. The van der Waals surface area contributed by atoms with Gasteiger partial charge in [-0.25, -0.2) is 0 Å². The van der Waals surface area contributed by atoms with Crippen LogP contribution in [0.1, 0.15) is 17.3 Å². The molecule has 1 N–H and O–H groups in total. The lowest BCUT2D eigenvalue weighted by molar-refractivity contribution is -0.143. The van der Waals surface area contributed by atoms with Gasteiger partial charge in [-0.1, -0.05) is 36.4 Å². The molecule has 26 heavy (non-hydrogen) atoms. The van der Waals surface area contributed by atoms with E-state index in [0.717, 1.165) is 5.56 Å². The maximum atomic E-state index is 12.7. The van der Waals surface area contributed by atoms with Crippen molar-refractivity contribution < 1.29 is 9.59 Å². The van der Waals surface area contributed by atoms with Crippen molar-refractivity contribution in [3.63, 3.8) is 0 Å². The van der Waals surface area contributed by atoms with Crippen LogP contribution < -0.4 is 5.32 Å². The highest BCUT2D eigenvalue weighted by atomic mass is 16.2. The Balaban J connectivity index is 1.86. The summed E-state index contributed by atoms with van der Waals surface area (Å²) in [4.78, 5) is 30.8. The number of rotatable bonds is 4. The van der Waals surface area contributed by atoms with Gasteiger partial charge in [-0.05, 0) is 17.7 Å². The summed E-state index contributed by atoms with van der Waals surface area (Å²) in [6, 6.07) is 16.1. The third-order valence-electron chi connectivity index (χ3n) is 3.94. The van der Waals surface area contributed by atoms with Gasteiger partial charge >= 0.3 is 11.8 Å². The molecule has 132 valence electrons. The van der Waals surface area contributed by atoms with E-state index in [9.17, 15) is 9.59 Å². The van der Waals surface area contributed by atoms with Crippen LogP contribution in [0.2, 0.25) is 0 Å². The van der Waals surface area contributed by atoms with Crippen molar-refractivity contribution in [2.75, 3.05) is 12.4 Å². The van der Waals surface area contributed by atoms with E-state index >= 15 is 0 Å². The van der Waals surface area contributed by atoms with Crippen LogP contribution in [0, 0.1) is 0 Å². The van der Waals surface area contributed by atoms with Crippen LogP contribution in [0.25, 0.3) is 0 Å². The molecule has 3 aromatic rings. The lowest BCUT2D eigenvalue weighted by Crippen LogP contribution is -2.40. The van der Waals surface area contributed by atoms with Crippen LogP contribution in [0.5, 0.6) is 0 Å². The predicted molar refractivity (Wildman–Crippen MR) is 97.1 cm³/mol. The van der Waals surface area contributed by atoms with Crippen LogP contribution in [0.4, 0.5) is 5.82 Å². The van der Waals surface area contributed by atoms with E-state index in [4.69, 9.17) is 0 Å². The minimum atomic E-state index is -0.747. The minimum absolute atomic E-state index is 0.327. The normalized spacial score (nSPS) is 11.6. The summed E-state index contributed by atoms with van der Waals surface area (Å²) in [6.07, 6.45) is 3.35. The van der Waals surface area contributed by atoms with Crippen LogP contribution >= 0.6 is 0 Å². The van der Waals surface area contributed by atoms with Gasteiger partial charge in [0.05, 0.1) is 11.7 Å². The van der Waals surface area contributed by atoms with Crippen molar-refractivity contribution in [2.45, 2.75) is 6.04 Å². The smallest absolute Gasteiger partial charge is 0.315 e. The average Bonchev–Trinajstić information content (AvgIpc) is 3.07. The van der Waals surface area contributed by atoms with Crippen molar-refractivity contribution in [2.24, 2.45) is 7.05 Å². The fraction of sp³-hybridized carbons (Fsp3) is 0.158. The fourth-order valence-electron chi connectivity index (χ4n) is 2.69. The second kappa shape index (κ2) is 7.60. The summed E-state index contributed by atoms with van der Waals surface area (Å²) >= 11 is 0. The first-order chi connectivity index (χ1) is 12.6. The van der Waals surface area contributed by atoms with Crippen molar-refractivity contribution >= 4 is 17.6 Å². The predicted octanol–water partition coefficient (Wildman–Crippen LogP) is 2.00. The quantitative estimate of drug-likeness (QED) is 0.731. The molecule has 2 amide bonds. The second-order valence-electron chi connectivity index (χ2n) is 5.81. The van der Waals surface area contributed by atoms with E-state index in [2.05, 4.69) is 15.4 Å². The summed E-state index contributed by atoms with van der Waals surface area (Å²) in [5.41, 5.74) is 1.55. The number of nitrogens with zero attached hydrogens (tertiary/aromatic N) is 4. The first kappa shape index (κ1) is 17.3. The van der Waals surface area contributed by atoms with Gasteiger partial charge in [0.25, 0.3) is 0 Å². The maximum Gasteiger partial charge on any atom is 0.315 e. The van der Waals surface area contributed by atoms with E-state index in [1.54, 1.807) is 43.3 Å². The van der Waals surface area contributed by atoms with Crippen molar-refractivity contribution in [3.05, 3.63) is 78.2 Å². The zero-order valence-corrected chi connectivity index (χ0v) is 14.5. The first-order valence-corrected chi connectivity index (χ1v) is 8.10. The number of nitrogens with one attached hydrogen (secondary N) is 1. The number of anilines is 1. The monoisotopic (exact) mass is 349 g/mol. The van der Waals surface area contributed by atoms with Gasteiger partial charge in [0, 0.05) is 32.6 Å². The molecule has 0 spiro atoms. The van der Waals surface area contributed by atoms with Gasteiger partial charge in [-0.3, -0.25) is 19.3 Å². The molecule has 0 saturated carbocycles. The third kappa shape index (κ3) is 3.77. The molecule has 0 fully saturated rings. The van der Waals surface area contributed by atoms with Gasteiger partial charge < -0.3 is 10.2 Å². The molecule has 7 heteroatoms. The lowest BCUT2D eigenvalue weighted by Gasteiger charge is -2.27. The van der Waals surface area contributed by atoms with Crippen LogP contribution in [-0.2, 0) is 16.6 Å². The van der Waals surface area contributed by atoms with Crippen LogP contribution in [0.15, 0.2) is 67.0 Å². The number of likely N-dealkylation sites (N-methyl/N-ethyl adjacent to an activating group) is 1. The molecule has 0 radical (unpaired) electrons. The molecule has 0 aliphatic heterocycles. The summed E-state index contributed by atoms with van der Waals surface area (Å²) in [5.74, 6) is -1.09. The molecule has 1 atom stereocenters. The number of carbonyl (C=O) groups is 2. The Morgan fingerprint density at radius 3 is 2.42 bits per heavy atom. The molecule has 1 aromatic carbocycles. The number of aromatic nitrogens is 3. The molecule has 1 unspecified atom stereocenters. The molecule has 2 heterocycles. The van der Waals surface area contributed by atoms with Crippen LogP contribution in [0.3, 0.4) is 0 Å². The summed E-state index contributed by atoms with van der Waals surface area (Å²) in [6.45, 7) is 0. The Kier molecular flexibility index (Phi) is 5.07. The molecule has 0 bridgehead atoms. The van der Waals surface area contributed by atoms with Gasteiger partial charge in [0.2, 0.25) is 0 Å². The number of hydrogen-bond acceptors (Lipinski definition) is 4. The summed E-state index contributed by atoms with van der Waals surface area (Å²) < 4.78 is 1.55. The zero-order valence-electron chi connectivity index (χ0n) is 14.5. The largest absolute Gasteiger partial charge is 0.325 e. The van der Waals surface area contributed by atoms with Crippen molar-refractivity contribution in [1.82, 2.24) is 19.7 Å². The van der Waals surface area contributed by atoms with Gasteiger partial charge in [-0.15, -0.1) is 0 Å². The molecule has 7 nitrogen and oxygen atoms in total. The maximum absolute atomic E-state index is 12.7. The van der Waals surface area contributed by atoms with E-state index in [0.29, 0.717) is 11.5 Å². The topological polar surface area (TPSA) is 80.1 Å². The molecular formula is C19H19N5O2. The molecule has 3 rings (SSSR count). The summed E-state index contributed by atoms with van der Waals surface area (Å²) in [5, 5.41) is 6.57. The number of carbonyl (C=O) groups excluding carboxylic acids is 2. The Morgan fingerprint density at radius 1 is 1.08 bits per heavy atom. The molecule has 0 aliphatic rings. The van der Waals surface area contributed by atoms with Gasteiger partial charge in [-0.2, -0.15) is 5.10 Å². The van der Waals surface area contributed by atoms with E-state index in [1.807, 2.05) is 42.5 Å². The Morgan fingerprint density at radius 2 is 1.81 bits per heavy atom. The highest BCUT2D eigenvalue weighted by molar-refractivity contribution is 6.39. The van der Waals surface area contributed by atoms with E-state index in [-0.39, 0.29) is 0 Å². The number of aryl methyl sites for hydroxylation is 1. The van der Waals surface area contributed by atoms with Gasteiger partial charge in [0.1, 0.15) is 0 Å². The molecule has 0 saturated heterocycles. The molecule has 0 aliphatic carbocycles. The highest BCUT2D eigenvalue weighted by Gasteiger charge is 2.29. The molecule has 2 aromatic heterocycles. The Hall–Kier alpha value is -3.48. The Bertz CT molecular complexity index is 853. The third-order valence-corrected chi connectivity index (χ3v) is 3.94. The Labute approximate surface area is 151 Å². The van der Waals surface area contributed by atoms with Crippen LogP contribution in [-0.4, -0.2) is 38.5 Å². The lowest BCUT2D eigenvalue weighted by atomic mass is 10.0. The standard InChI is InChI=1S/C19H19N5O2/c1-23-13-11-16(22-23)21-18(25)19(26)24(2)17(14-8-4-3-5-9-14)15-10-6-7-12-20-15/h3-13,17H,1-2H3,(H,21,22,25).